The Morgan fingerprint density at radius 3 is 2.65 bits per heavy atom. The van der Waals surface area contributed by atoms with Crippen LogP contribution in [0.5, 0.6) is 0 Å². The number of nitrogens with zero attached hydrogens (tertiary/aromatic N) is 6. The largest absolute Gasteiger partial charge is 0.444 e. The van der Waals surface area contributed by atoms with E-state index in [-0.39, 0.29) is 17.9 Å². The third-order valence-corrected chi connectivity index (χ3v) is 7.62. The SMILES string of the molecule is CC1(NC(=O)OC(C)(C)C)CCN(c2cnc3c(Sc4ccncc4)nn(C4CCCCO4)c3n2)CC1. The third-order valence-electron chi connectivity index (χ3n) is 6.65. The fourth-order valence-electron chi connectivity index (χ4n) is 4.63. The molecular weight excluding hydrogens is 490 g/mol. The second kappa shape index (κ2) is 10.4. The summed E-state index contributed by atoms with van der Waals surface area (Å²) in [5, 5.41) is 8.79. The molecule has 2 fully saturated rings. The number of anilines is 1. The Kier molecular flexibility index (Phi) is 7.26. The number of nitrogens with one attached hydrogen (secondary N) is 1. The van der Waals surface area contributed by atoms with E-state index >= 15 is 0 Å². The first-order chi connectivity index (χ1) is 17.7. The van der Waals surface area contributed by atoms with Gasteiger partial charge in [0.15, 0.2) is 16.9 Å². The maximum Gasteiger partial charge on any atom is 0.408 e. The number of alkyl carbamates (subject to hydrolysis) is 1. The summed E-state index contributed by atoms with van der Waals surface area (Å²) < 4.78 is 13.4. The van der Waals surface area contributed by atoms with Gasteiger partial charge in [-0.15, -0.1) is 0 Å². The minimum atomic E-state index is -0.522. The number of carbonyl (C=O) groups excluding carboxylic acids is 1. The van der Waals surface area contributed by atoms with Crippen molar-refractivity contribution in [3.05, 3.63) is 30.7 Å². The lowest BCUT2D eigenvalue weighted by Gasteiger charge is -2.40. The van der Waals surface area contributed by atoms with Crippen LogP contribution in [0.1, 0.15) is 66.0 Å². The van der Waals surface area contributed by atoms with Crippen molar-refractivity contribution in [1.29, 1.82) is 0 Å². The highest BCUT2D eigenvalue weighted by atomic mass is 32.2. The van der Waals surface area contributed by atoms with Gasteiger partial charge in [-0.3, -0.25) is 4.98 Å². The van der Waals surface area contributed by atoms with Crippen LogP contribution in [0.3, 0.4) is 0 Å². The van der Waals surface area contributed by atoms with Crippen LogP contribution in [0.4, 0.5) is 10.6 Å². The number of amides is 1. The van der Waals surface area contributed by atoms with Crippen molar-refractivity contribution < 1.29 is 14.3 Å². The molecule has 2 aliphatic heterocycles. The number of rotatable bonds is 5. The lowest BCUT2D eigenvalue weighted by Crippen LogP contribution is -2.54. The number of piperidine rings is 1. The molecule has 2 saturated heterocycles. The van der Waals surface area contributed by atoms with E-state index in [0.717, 1.165) is 78.7 Å². The van der Waals surface area contributed by atoms with Gasteiger partial charge in [-0.25, -0.2) is 19.4 Å². The third kappa shape index (κ3) is 6.15. The molecule has 0 spiro atoms. The van der Waals surface area contributed by atoms with Gasteiger partial charge in [-0.2, -0.15) is 5.10 Å². The van der Waals surface area contributed by atoms with Gasteiger partial charge < -0.3 is 19.7 Å². The van der Waals surface area contributed by atoms with Crippen molar-refractivity contribution in [2.45, 2.75) is 87.1 Å². The Morgan fingerprint density at radius 2 is 1.97 bits per heavy atom. The van der Waals surface area contributed by atoms with Gasteiger partial charge in [0.05, 0.1) is 6.20 Å². The number of pyridine rings is 1. The molecule has 1 amide bonds. The predicted molar refractivity (Wildman–Crippen MR) is 142 cm³/mol. The Hall–Kier alpha value is -2.92. The van der Waals surface area contributed by atoms with Crippen LogP contribution in [0.25, 0.3) is 11.2 Å². The van der Waals surface area contributed by atoms with Crippen molar-refractivity contribution in [1.82, 2.24) is 30.0 Å². The highest BCUT2D eigenvalue weighted by Gasteiger charge is 2.34. The van der Waals surface area contributed by atoms with Crippen LogP contribution < -0.4 is 10.2 Å². The summed E-state index contributed by atoms with van der Waals surface area (Å²) in [4.78, 5) is 29.6. The van der Waals surface area contributed by atoms with E-state index in [0.29, 0.717) is 0 Å². The maximum absolute atomic E-state index is 12.4. The molecule has 10 nitrogen and oxygen atoms in total. The van der Waals surface area contributed by atoms with Gasteiger partial charge in [0.25, 0.3) is 0 Å². The zero-order valence-corrected chi connectivity index (χ0v) is 22.8. The topological polar surface area (TPSA) is 107 Å². The van der Waals surface area contributed by atoms with Gasteiger partial charge in [0.2, 0.25) is 0 Å². The summed E-state index contributed by atoms with van der Waals surface area (Å²) >= 11 is 1.56. The highest BCUT2D eigenvalue weighted by molar-refractivity contribution is 7.99. The summed E-state index contributed by atoms with van der Waals surface area (Å²) in [6.07, 6.45) is 9.48. The molecule has 2 aliphatic rings. The zero-order chi connectivity index (χ0) is 26.0. The molecule has 0 aliphatic carbocycles. The summed E-state index contributed by atoms with van der Waals surface area (Å²) in [6.45, 7) is 9.91. The molecule has 0 saturated carbocycles. The van der Waals surface area contributed by atoms with E-state index in [9.17, 15) is 4.79 Å². The lowest BCUT2D eigenvalue weighted by atomic mass is 9.90. The number of hydrogen-bond donors (Lipinski definition) is 1. The molecule has 37 heavy (non-hydrogen) atoms. The summed E-state index contributed by atoms with van der Waals surface area (Å²) in [5.74, 6) is 0.809. The van der Waals surface area contributed by atoms with E-state index in [1.807, 2.05) is 43.8 Å². The lowest BCUT2D eigenvalue weighted by molar-refractivity contribution is -0.0376. The number of aromatic nitrogens is 5. The molecule has 5 heterocycles. The van der Waals surface area contributed by atoms with Crippen LogP contribution in [0.15, 0.2) is 40.6 Å². The van der Waals surface area contributed by atoms with Crippen LogP contribution in [0, 0.1) is 0 Å². The Labute approximate surface area is 221 Å². The van der Waals surface area contributed by atoms with Crippen LogP contribution in [-0.2, 0) is 9.47 Å². The monoisotopic (exact) mass is 525 g/mol. The van der Waals surface area contributed by atoms with Gasteiger partial charge in [-0.1, -0.05) is 11.8 Å². The minimum Gasteiger partial charge on any atom is -0.444 e. The van der Waals surface area contributed by atoms with E-state index in [1.54, 1.807) is 24.2 Å². The average Bonchev–Trinajstić information content (AvgIpc) is 3.22. The highest BCUT2D eigenvalue weighted by Crippen LogP contribution is 2.35. The average molecular weight is 526 g/mol. The molecule has 1 N–H and O–H groups in total. The van der Waals surface area contributed by atoms with Crippen molar-refractivity contribution in [2.24, 2.45) is 0 Å². The van der Waals surface area contributed by atoms with Crippen molar-refractivity contribution in [3.63, 3.8) is 0 Å². The molecule has 3 aromatic heterocycles. The fourth-order valence-corrected chi connectivity index (χ4v) is 5.48. The van der Waals surface area contributed by atoms with E-state index in [4.69, 9.17) is 24.5 Å². The van der Waals surface area contributed by atoms with Crippen molar-refractivity contribution in [2.75, 3.05) is 24.6 Å². The van der Waals surface area contributed by atoms with Crippen molar-refractivity contribution in [3.8, 4) is 0 Å². The van der Waals surface area contributed by atoms with Crippen LogP contribution >= 0.6 is 11.8 Å². The van der Waals surface area contributed by atoms with Gasteiger partial charge in [0, 0.05) is 42.5 Å². The molecular formula is C26H35N7O3S. The van der Waals surface area contributed by atoms with Crippen molar-refractivity contribution >= 4 is 34.8 Å². The normalized spacial score (nSPS) is 20.1. The maximum atomic E-state index is 12.4. The quantitative estimate of drug-likeness (QED) is 0.495. The van der Waals surface area contributed by atoms with E-state index in [1.165, 1.54) is 0 Å². The summed E-state index contributed by atoms with van der Waals surface area (Å²) in [5.41, 5.74) is 0.656. The van der Waals surface area contributed by atoms with Crippen LogP contribution in [0.2, 0.25) is 0 Å². The minimum absolute atomic E-state index is 0.143. The molecule has 0 bridgehead atoms. The Morgan fingerprint density at radius 1 is 1.22 bits per heavy atom. The number of ether oxygens (including phenoxy) is 2. The second-order valence-electron chi connectivity index (χ2n) is 10.9. The fraction of sp³-hybridized carbons (Fsp3) is 0.577. The predicted octanol–water partition coefficient (Wildman–Crippen LogP) is 4.96. The first-order valence-corrected chi connectivity index (χ1v) is 13.7. The first kappa shape index (κ1) is 25.7. The molecule has 3 aromatic rings. The Bertz CT molecular complexity index is 1230. The molecule has 0 aromatic carbocycles. The smallest absolute Gasteiger partial charge is 0.408 e. The van der Waals surface area contributed by atoms with E-state index in [2.05, 4.69) is 22.1 Å². The number of carbonyl (C=O) groups is 1. The zero-order valence-electron chi connectivity index (χ0n) is 21.9. The number of hydrogen-bond acceptors (Lipinski definition) is 9. The summed E-state index contributed by atoms with van der Waals surface area (Å²) in [6, 6.07) is 3.93. The molecule has 11 heteroatoms. The summed E-state index contributed by atoms with van der Waals surface area (Å²) in [7, 11) is 0. The Balaban J connectivity index is 1.36. The molecule has 5 rings (SSSR count). The number of fused-ring (bicyclic) bond motifs is 1. The standard InChI is InChI=1S/C26H35N7O3S/c1-25(2,3)36-24(34)30-26(4)10-14-32(15-11-26)19-17-28-21-22(29-19)33(20-7-5-6-16-35-20)31-23(21)37-18-8-12-27-13-9-18/h8-9,12-13,17,20H,5-7,10-11,14-16H2,1-4H3,(H,30,34). The molecule has 198 valence electrons. The van der Waals surface area contributed by atoms with E-state index < -0.39 is 5.60 Å². The van der Waals surface area contributed by atoms with Gasteiger partial charge in [0.1, 0.15) is 16.9 Å². The van der Waals surface area contributed by atoms with Gasteiger partial charge >= 0.3 is 6.09 Å². The first-order valence-electron chi connectivity index (χ1n) is 12.9. The molecule has 0 radical (unpaired) electrons. The van der Waals surface area contributed by atoms with Gasteiger partial charge in [-0.05, 0) is 71.9 Å². The molecule has 1 atom stereocenters. The molecule has 1 unspecified atom stereocenters. The second-order valence-corrected chi connectivity index (χ2v) is 12.0. The van der Waals surface area contributed by atoms with Crippen LogP contribution in [-0.4, -0.2) is 61.7 Å².